The van der Waals surface area contributed by atoms with E-state index in [1.54, 1.807) is 13.2 Å². The number of benzene rings is 2. The minimum Gasteiger partial charge on any atom is -0.497 e. The van der Waals surface area contributed by atoms with Gasteiger partial charge in [0.2, 0.25) is 0 Å². The van der Waals surface area contributed by atoms with E-state index in [1.807, 2.05) is 23.6 Å². The molecule has 0 unspecified atom stereocenters. The molecule has 162 valence electrons. The van der Waals surface area contributed by atoms with Crippen LogP contribution < -0.4 is 4.74 Å². The average molecular weight is 441 g/mol. The van der Waals surface area contributed by atoms with Gasteiger partial charge in [-0.25, -0.2) is 0 Å². The first-order valence-corrected chi connectivity index (χ1v) is 11.0. The molecule has 0 saturated carbocycles. The molecule has 0 aliphatic carbocycles. The van der Waals surface area contributed by atoms with E-state index in [4.69, 9.17) is 4.74 Å². The van der Waals surface area contributed by atoms with Gasteiger partial charge in [-0.15, -0.1) is 10.2 Å². The van der Waals surface area contributed by atoms with Crippen molar-refractivity contribution in [2.45, 2.75) is 37.9 Å². The van der Waals surface area contributed by atoms with Crippen molar-refractivity contribution in [3.05, 3.63) is 75.6 Å². The molecule has 3 rings (SSSR count). The van der Waals surface area contributed by atoms with Crippen LogP contribution in [0.25, 0.3) is 0 Å². The van der Waals surface area contributed by atoms with Gasteiger partial charge >= 0.3 is 0 Å². The number of aromatic nitrogens is 3. The van der Waals surface area contributed by atoms with Crippen LogP contribution in [0, 0.1) is 10.1 Å². The number of methoxy groups -OCH3 is 1. The summed E-state index contributed by atoms with van der Waals surface area (Å²) >= 11 is 1.30. The van der Waals surface area contributed by atoms with E-state index in [9.17, 15) is 14.9 Å². The number of hydrogen-bond acceptors (Lipinski definition) is 7. The van der Waals surface area contributed by atoms with E-state index in [1.165, 1.54) is 35.5 Å². The monoisotopic (exact) mass is 440 g/mol. The highest BCUT2D eigenvalue weighted by molar-refractivity contribution is 7.99. The van der Waals surface area contributed by atoms with Crippen LogP contribution in [0.4, 0.5) is 5.69 Å². The van der Waals surface area contributed by atoms with Gasteiger partial charge in [-0.2, -0.15) is 0 Å². The largest absolute Gasteiger partial charge is 0.497 e. The molecule has 0 fully saturated rings. The van der Waals surface area contributed by atoms with Crippen molar-refractivity contribution in [1.82, 2.24) is 14.8 Å². The fourth-order valence-corrected chi connectivity index (χ4v) is 4.09. The third-order valence-corrected chi connectivity index (χ3v) is 5.81. The smallest absolute Gasteiger partial charge is 0.270 e. The molecule has 0 saturated heterocycles. The van der Waals surface area contributed by atoms with Crippen LogP contribution in [0.15, 0.2) is 53.7 Å². The van der Waals surface area contributed by atoms with Gasteiger partial charge in [0.1, 0.15) is 11.6 Å². The first-order chi connectivity index (χ1) is 15.0. The van der Waals surface area contributed by atoms with Gasteiger partial charge in [-0.3, -0.25) is 14.9 Å². The van der Waals surface area contributed by atoms with E-state index in [0.29, 0.717) is 17.3 Å². The van der Waals surface area contributed by atoms with E-state index >= 15 is 0 Å². The summed E-state index contributed by atoms with van der Waals surface area (Å²) < 4.78 is 7.20. The zero-order valence-electron chi connectivity index (χ0n) is 17.5. The molecule has 0 atom stereocenters. The summed E-state index contributed by atoms with van der Waals surface area (Å²) in [5.74, 6) is 1.70. The Kier molecular flexibility index (Phi) is 7.77. The Morgan fingerprint density at radius 3 is 2.61 bits per heavy atom. The fraction of sp³-hybridized carbons (Fsp3) is 0.318. The molecule has 0 spiro atoms. The predicted molar refractivity (Wildman–Crippen MR) is 119 cm³/mol. The number of aryl methyl sites for hydroxylation is 2. The molecule has 3 aromatic rings. The van der Waals surface area contributed by atoms with Crippen molar-refractivity contribution in [2.75, 3.05) is 12.9 Å². The Labute approximate surface area is 184 Å². The maximum atomic E-state index is 12.5. The normalized spacial score (nSPS) is 10.8. The molecule has 0 N–H and O–H groups in total. The minimum absolute atomic E-state index is 0.0910. The maximum Gasteiger partial charge on any atom is 0.270 e. The molecule has 8 nitrogen and oxygen atoms in total. The zero-order chi connectivity index (χ0) is 22.2. The molecule has 2 aromatic carbocycles. The Balaban J connectivity index is 1.57. The summed E-state index contributed by atoms with van der Waals surface area (Å²) in [4.78, 5) is 22.9. The number of hydrogen-bond donors (Lipinski definition) is 0. The van der Waals surface area contributed by atoms with Crippen molar-refractivity contribution in [2.24, 2.45) is 0 Å². The Morgan fingerprint density at radius 2 is 1.94 bits per heavy atom. The third kappa shape index (κ3) is 5.91. The summed E-state index contributed by atoms with van der Waals surface area (Å²) in [6.45, 7) is 2.72. The lowest BCUT2D eigenvalue weighted by Gasteiger charge is -2.07. The number of nitrogens with zero attached hydrogens (tertiary/aromatic N) is 4. The summed E-state index contributed by atoms with van der Waals surface area (Å²) in [5.41, 5.74) is 1.47. The van der Waals surface area contributed by atoms with E-state index in [2.05, 4.69) is 22.3 Å². The molecular formula is C22H24N4O4S. The van der Waals surface area contributed by atoms with Gasteiger partial charge in [0.25, 0.3) is 5.69 Å². The Bertz CT molecular complexity index is 1050. The van der Waals surface area contributed by atoms with Crippen LogP contribution in [0.2, 0.25) is 0 Å². The maximum absolute atomic E-state index is 12.5. The van der Waals surface area contributed by atoms with Crippen LogP contribution >= 0.6 is 11.8 Å². The first-order valence-electron chi connectivity index (χ1n) is 9.97. The zero-order valence-corrected chi connectivity index (χ0v) is 18.3. The minimum atomic E-state index is -0.504. The van der Waals surface area contributed by atoms with Gasteiger partial charge in [-0.05, 0) is 37.5 Å². The number of carbonyl (C=O) groups is 1. The van der Waals surface area contributed by atoms with E-state index in [0.717, 1.165) is 30.8 Å². The second-order valence-electron chi connectivity index (χ2n) is 6.86. The molecule has 0 aliphatic rings. The molecule has 1 aromatic heterocycles. The van der Waals surface area contributed by atoms with Crippen molar-refractivity contribution >= 4 is 23.2 Å². The molecular weight excluding hydrogens is 416 g/mol. The molecule has 0 aliphatic heterocycles. The number of carbonyl (C=O) groups excluding carboxylic acids is 1. The highest BCUT2D eigenvalue weighted by Crippen LogP contribution is 2.21. The van der Waals surface area contributed by atoms with Crippen LogP contribution in [0.3, 0.4) is 0 Å². The molecule has 0 amide bonds. The lowest BCUT2D eigenvalue weighted by atomic mass is 10.1. The van der Waals surface area contributed by atoms with E-state index in [-0.39, 0.29) is 17.2 Å². The standard InChI is InChI=1S/C22H24N4O4S/c1-3-25-21(9-4-6-16-10-12-19(30-2)13-11-16)23-24-22(25)31-15-20(27)17-7-5-8-18(14-17)26(28)29/h5,7-8,10-14H,3-4,6,9,15H2,1-2H3. The lowest BCUT2D eigenvalue weighted by Crippen LogP contribution is -2.07. The third-order valence-electron chi connectivity index (χ3n) is 4.85. The topological polar surface area (TPSA) is 100 Å². The lowest BCUT2D eigenvalue weighted by molar-refractivity contribution is -0.384. The number of nitro benzene ring substituents is 1. The highest BCUT2D eigenvalue weighted by Gasteiger charge is 2.16. The molecule has 31 heavy (non-hydrogen) atoms. The second-order valence-corrected chi connectivity index (χ2v) is 7.81. The van der Waals surface area contributed by atoms with Crippen LogP contribution in [-0.2, 0) is 19.4 Å². The van der Waals surface area contributed by atoms with Gasteiger partial charge < -0.3 is 9.30 Å². The van der Waals surface area contributed by atoms with Crippen molar-refractivity contribution in [1.29, 1.82) is 0 Å². The van der Waals surface area contributed by atoms with Crippen molar-refractivity contribution in [3.8, 4) is 5.75 Å². The summed E-state index contributed by atoms with van der Waals surface area (Å²) in [5, 5.41) is 20.1. The first kappa shape index (κ1) is 22.5. The number of ether oxygens (including phenoxy) is 1. The van der Waals surface area contributed by atoms with Gasteiger partial charge in [-0.1, -0.05) is 36.0 Å². The summed E-state index contributed by atoms with van der Waals surface area (Å²) in [6, 6.07) is 13.8. The number of ketones is 1. The highest BCUT2D eigenvalue weighted by atomic mass is 32.2. The molecule has 9 heteroatoms. The Morgan fingerprint density at radius 1 is 1.16 bits per heavy atom. The van der Waals surface area contributed by atoms with Crippen molar-refractivity contribution in [3.63, 3.8) is 0 Å². The summed E-state index contributed by atoms with van der Waals surface area (Å²) in [7, 11) is 1.65. The number of Topliss-reactive ketones (excluding diaryl/α,β-unsaturated/α-hetero) is 1. The Hall–Kier alpha value is -3.20. The van der Waals surface area contributed by atoms with Gasteiger partial charge in [0.05, 0.1) is 17.8 Å². The predicted octanol–water partition coefficient (Wildman–Crippen LogP) is 4.37. The average Bonchev–Trinajstić information content (AvgIpc) is 3.19. The van der Waals surface area contributed by atoms with Crippen LogP contribution in [0.1, 0.15) is 35.1 Å². The number of rotatable bonds is 11. The SMILES string of the molecule is CCn1c(CCCc2ccc(OC)cc2)nnc1SCC(=O)c1cccc([N+](=O)[O-])c1. The quantitative estimate of drug-likeness (QED) is 0.189. The van der Waals surface area contributed by atoms with Gasteiger partial charge in [0, 0.05) is 30.7 Å². The molecule has 0 radical (unpaired) electrons. The van der Waals surface area contributed by atoms with Crippen LogP contribution in [0.5, 0.6) is 5.75 Å². The molecule has 1 heterocycles. The van der Waals surface area contributed by atoms with E-state index < -0.39 is 4.92 Å². The fourth-order valence-electron chi connectivity index (χ4n) is 3.18. The number of non-ortho nitro benzene ring substituents is 1. The van der Waals surface area contributed by atoms with Crippen molar-refractivity contribution < 1.29 is 14.5 Å². The van der Waals surface area contributed by atoms with Gasteiger partial charge in [0.15, 0.2) is 10.9 Å². The summed E-state index contributed by atoms with van der Waals surface area (Å²) in [6.07, 6.45) is 2.64. The number of thioether (sulfide) groups is 1. The second kappa shape index (κ2) is 10.7. The van der Waals surface area contributed by atoms with Crippen LogP contribution in [-0.4, -0.2) is 38.3 Å². The number of nitro groups is 1. The molecule has 0 bridgehead atoms.